The third kappa shape index (κ3) is 3.59. The van der Waals surface area contributed by atoms with E-state index in [9.17, 15) is 0 Å². The van der Waals surface area contributed by atoms with E-state index >= 15 is 0 Å². The molecule has 2 aromatic heterocycles. The molecule has 26 heavy (non-hydrogen) atoms. The average Bonchev–Trinajstić information content (AvgIpc) is 3.06. The van der Waals surface area contributed by atoms with Gasteiger partial charge in [-0.1, -0.05) is 17.2 Å². The summed E-state index contributed by atoms with van der Waals surface area (Å²) in [4.78, 5) is 4.76. The number of aromatic nitrogens is 1. The lowest BCUT2D eigenvalue weighted by Gasteiger charge is -2.14. The SMILES string of the molecule is COc1c2ccoc2nc2c(CC=C(C)C)c(OCC=C(C)C)ccc12. The Kier molecular flexibility index (Phi) is 5.31. The van der Waals surface area contributed by atoms with Gasteiger partial charge in [0.15, 0.2) is 0 Å². The van der Waals surface area contributed by atoms with Gasteiger partial charge in [-0.2, -0.15) is 0 Å². The van der Waals surface area contributed by atoms with Crippen LogP contribution >= 0.6 is 0 Å². The van der Waals surface area contributed by atoms with E-state index in [1.165, 1.54) is 11.1 Å². The lowest BCUT2D eigenvalue weighted by molar-refractivity contribution is 0.359. The molecule has 3 rings (SSSR count). The molecule has 2 heterocycles. The van der Waals surface area contributed by atoms with Gasteiger partial charge in [0.05, 0.1) is 24.3 Å². The van der Waals surface area contributed by atoms with Crippen LogP contribution in [0, 0.1) is 0 Å². The second-order valence-electron chi connectivity index (χ2n) is 6.80. The van der Waals surface area contributed by atoms with E-state index in [1.54, 1.807) is 13.4 Å². The van der Waals surface area contributed by atoms with Crippen LogP contribution in [-0.2, 0) is 6.42 Å². The van der Waals surface area contributed by atoms with E-state index < -0.39 is 0 Å². The van der Waals surface area contributed by atoms with Crippen LogP contribution in [0.5, 0.6) is 11.5 Å². The first-order valence-electron chi connectivity index (χ1n) is 8.77. The first-order valence-corrected chi connectivity index (χ1v) is 8.77. The molecule has 1 aromatic carbocycles. The number of hydrogen-bond acceptors (Lipinski definition) is 4. The van der Waals surface area contributed by atoms with Crippen LogP contribution in [0.25, 0.3) is 22.0 Å². The fourth-order valence-electron chi connectivity index (χ4n) is 2.89. The Balaban J connectivity index is 2.20. The van der Waals surface area contributed by atoms with Gasteiger partial charge in [0.2, 0.25) is 5.71 Å². The van der Waals surface area contributed by atoms with Crippen molar-refractivity contribution in [2.24, 2.45) is 0 Å². The Bertz CT molecular complexity index is 987. The maximum atomic E-state index is 6.04. The minimum absolute atomic E-state index is 0.537. The minimum atomic E-state index is 0.537. The number of furan rings is 1. The quantitative estimate of drug-likeness (QED) is 0.523. The fourth-order valence-corrected chi connectivity index (χ4v) is 2.89. The normalized spacial score (nSPS) is 10.8. The zero-order valence-corrected chi connectivity index (χ0v) is 16.1. The van der Waals surface area contributed by atoms with E-state index in [-0.39, 0.29) is 0 Å². The van der Waals surface area contributed by atoms with Crippen LogP contribution in [0.15, 0.2) is 52.2 Å². The molecular weight excluding hydrogens is 326 g/mol. The molecule has 0 atom stereocenters. The molecule has 4 nitrogen and oxygen atoms in total. The Morgan fingerprint density at radius 2 is 1.81 bits per heavy atom. The number of fused-ring (bicyclic) bond motifs is 2. The third-order valence-corrected chi connectivity index (χ3v) is 4.24. The van der Waals surface area contributed by atoms with Crippen molar-refractivity contribution in [3.05, 3.63) is 53.3 Å². The van der Waals surface area contributed by atoms with Gasteiger partial charge in [0.1, 0.15) is 18.1 Å². The number of nitrogens with zero attached hydrogens (tertiary/aromatic N) is 1. The van der Waals surface area contributed by atoms with Crippen molar-refractivity contribution in [1.29, 1.82) is 0 Å². The van der Waals surface area contributed by atoms with Crippen molar-refractivity contribution in [2.45, 2.75) is 34.1 Å². The molecule has 4 heteroatoms. The van der Waals surface area contributed by atoms with E-state index in [2.05, 4.69) is 39.8 Å². The summed E-state index contributed by atoms with van der Waals surface area (Å²) in [5.74, 6) is 1.63. The number of pyridine rings is 1. The van der Waals surface area contributed by atoms with Crippen molar-refractivity contribution < 1.29 is 13.9 Å². The summed E-state index contributed by atoms with van der Waals surface area (Å²) in [6, 6.07) is 5.90. The maximum absolute atomic E-state index is 6.04. The summed E-state index contributed by atoms with van der Waals surface area (Å²) in [6.07, 6.45) is 6.63. The molecular formula is C22H25NO3. The lowest BCUT2D eigenvalue weighted by atomic mass is 10.0. The van der Waals surface area contributed by atoms with Gasteiger partial charge < -0.3 is 13.9 Å². The standard InChI is InChI=1S/C22H25NO3/c1-14(2)6-7-16-19(25-12-10-15(3)4)9-8-17-20(16)23-22-18(11-13-26-22)21(17)24-5/h6,8-11,13H,7,12H2,1-5H3. The molecule has 0 unspecified atom stereocenters. The van der Waals surface area contributed by atoms with Crippen LogP contribution in [0.3, 0.4) is 0 Å². The van der Waals surface area contributed by atoms with Gasteiger partial charge in [0, 0.05) is 10.9 Å². The number of hydrogen-bond donors (Lipinski definition) is 0. The highest BCUT2D eigenvalue weighted by molar-refractivity contribution is 6.01. The molecule has 0 saturated carbocycles. The molecule has 0 N–H and O–H groups in total. The Morgan fingerprint density at radius 3 is 2.50 bits per heavy atom. The summed E-state index contributed by atoms with van der Waals surface area (Å²) < 4.78 is 17.2. The van der Waals surface area contributed by atoms with Gasteiger partial charge in [-0.15, -0.1) is 0 Å². The van der Waals surface area contributed by atoms with Crippen molar-refractivity contribution in [3.63, 3.8) is 0 Å². The highest BCUT2D eigenvalue weighted by Gasteiger charge is 2.17. The van der Waals surface area contributed by atoms with Crippen LogP contribution in [-0.4, -0.2) is 18.7 Å². The van der Waals surface area contributed by atoms with E-state index in [1.807, 2.05) is 18.2 Å². The molecule has 0 amide bonds. The van der Waals surface area contributed by atoms with Gasteiger partial charge in [-0.25, -0.2) is 4.98 Å². The molecule has 0 bridgehead atoms. The summed E-state index contributed by atoms with van der Waals surface area (Å²) in [7, 11) is 1.68. The molecule has 0 aliphatic rings. The van der Waals surface area contributed by atoms with Gasteiger partial charge >= 0.3 is 0 Å². The fraction of sp³-hybridized carbons (Fsp3) is 0.318. The summed E-state index contributed by atoms with van der Waals surface area (Å²) in [5, 5.41) is 1.85. The monoisotopic (exact) mass is 351 g/mol. The van der Waals surface area contributed by atoms with Crippen molar-refractivity contribution in [1.82, 2.24) is 4.98 Å². The van der Waals surface area contributed by atoms with E-state index in [4.69, 9.17) is 18.9 Å². The van der Waals surface area contributed by atoms with Crippen molar-refractivity contribution >= 4 is 22.0 Å². The lowest BCUT2D eigenvalue weighted by Crippen LogP contribution is -2.01. The minimum Gasteiger partial charge on any atom is -0.495 e. The number of methoxy groups -OCH3 is 1. The summed E-state index contributed by atoms with van der Waals surface area (Å²) in [5.41, 5.74) is 4.96. The predicted molar refractivity (Wildman–Crippen MR) is 106 cm³/mol. The topological polar surface area (TPSA) is 44.5 Å². The molecule has 0 fully saturated rings. The number of rotatable bonds is 6. The molecule has 0 aliphatic heterocycles. The average molecular weight is 351 g/mol. The van der Waals surface area contributed by atoms with Crippen LogP contribution in [0.2, 0.25) is 0 Å². The predicted octanol–water partition coefficient (Wildman–Crippen LogP) is 5.84. The molecule has 0 aliphatic carbocycles. The van der Waals surface area contributed by atoms with Crippen LogP contribution in [0.4, 0.5) is 0 Å². The first-order chi connectivity index (χ1) is 12.5. The highest BCUT2D eigenvalue weighted by Crippen LogP contribution is 2.38. The number of ether oxygens (including phenoxy) is 2. The number of allylic oxidation sites excluding steroid dienone is 3. The summed E-state index contributed by atoms with van der Waals surface area (Å²) >= 11 is 0. The largest absolute Gasteiger partial charge is 0.495 e. The molecule has 3 aromatic rings. The van der Waals surface area contributed by atoms with Gasteiger partial charge in [-0.05, 0) is 58.4 Å². The molecule has 0 radical (unpaired) electrons. The molecule has 0 spiro atoms. The second-order valence-corrected chi connectivity index (χ2v) is 6.80. The third-order valence-electron chi connectivity index (χ3n) is 4.24. The highest BCUT2D eigenvalue weighted by atomic mass is 16.5. The zero-order valence-electron chi connectivity index (χ0n) is 16.1. The first kappa shape index (κ1) is 18.1. The van der Waals surface area contributed by atoms with Crippen molar-refractivity contribution in [3.8, 4) is 11.5 Å². The Hall–Kier alpha value is -2.75. The van der Waals surface area contributed by atoms with E-state index in [0.717, 1.165) is 39.8 Å². The molecule has 0 saturated heterocycles. The Labute approximate surface area is 154 Å². The van der Waals surface area contributed by atoms with Crippen molar-refractivity contribution in [2.75, 3.05) is 13.7 Å². The Morgan fingerprint density at radius 1 is 1.04 bits per heavy atom. The smallest absolute Gasteiger partial charge is 0.230 e. The van der Waals surface area contributed by atoms with Gasteiger partial charge in [0.25, 0.3) is 0 Å². The molecule has 136 valence electrons. The van der Waals surface area contributed by atoms with Gasteiger partial charge in [-0.3, -0.25) is 0 Å². The zero-order chi connectivity index (χ0) is 18.7. The van der Waals surface area contributed by atoms with Crippen LogP contribution in [0.1, 0.15) is 33.3 Å². The number of benzene rings is 1. The van der Waals surface area contributed by atoms with Crippen LogP contribution < -0.4 is 9.47 Å². The summed E-state index contributed by atoms with van der Waals surface area (Å²) in [6.45, 7) is 8.85. The van der Waals surface area contributed by atoms with E-state index in [0.29, 0.717) is 12.3 Å². The maximum Gasteiger partial charge on any atom is 0.230 e. The second kappa shape index (κ2) is 7.65.